The summed E-state index contributed by atoms with van der Waals surface area (Å²) in [5.41, 5.74) is 1.21. The maximum atomic E-state index is 13.2. The van der Waals surface area contributed by atoms with Gasteiger partial charge in [0, 0.05) is 23.1 Å². The molecule has 0 aliphatic carbocycles. The van der Waals surface area contributed by atoms with E-state index in [1.807, 2.05) is 0 Å². The number of rotatable bonds is 4. The van der Waals surface area contributed by atoms with Gasteiger partial charge in [0.25, 0.3) is 11.8 Å². The maximum absolute atomic E-state index is 13.2. The van der Waals surface area contributed by atoms with Crippen LogP contribution in [0.15, 0.2) is 48.2 Å². The first-order valence-electron chi connectivity index (χ1n) is 9.47. The van der Waals surface area contributed by atoms with Crippen LogP contribution in [-0.4, -0.2) is 29.8 Å². The highest BCUT2D eigenvalue weighted by Crippen LogP contribution is 2.22. The van der Waals surface area contributed by atoms with E-state index in [1.54, 1.807) is 41.3 Å². The van der Waals surface area contributed by atoms with Gasteiger partial charge in [0.05, 0.1) is 10.6 Å². The summed E-state index contributed by atoms with van der Waals surface area (Å²) in [6.07, 6.45) is 5.78. The van der Waals surface area contributed by atoms with Crippen LogP contribution in [0.25, 0.3) is 6.08 Å². The van der Waals surface area contributed by atoms with E-state index in [1.165, 1.54) is 12.1 Å². The van der Waals surface area contributed by atoms with Crippen molar-refractivity contribution in [3.63, 3.8) is 0 Å². The van der Waals surface area contributed by atoms with Gasteiger partial charge in [-0.15, -0.1) is 0 Å². The Morgan fingerprint density at radius 2 is 1.48 bits per heavy atom. The van der Waals surface area contributed by atoms with E-state index in [0.717, 1.165) is 31.2 Å². The highest BCUT2D eigenvalue weighted by atomic mass is 35.5. The van der Waals surface area contributed by atoms with E-state index in [9.17, 15) is 9.59 Å². The Hall–Kier alpha value is -2.01. The van der Waals surface area contributed by atoms with E-state index in [0.29, 0.717) is 23.1 Å². The Morgan fingerprint density at radius 3 is 2.10 bits per heavy atom. The molecular weight excluding hydrogens is 431 g/mol. The summed E-state index contributed by atoms with van der Waals surface area (Å²) >= 11 is 18.0. The molecule has 0 bridgehead atoms. The van der Waals surface area contributed by atoms with Crippen molar-refractivity contribution in [1.29, 1.82) is 0 Å². The van der Waals surface area contributed by atoms with Crippen molar-refractivity contribution in [1.82, 2.24) is 10.2 Å². The molecule has 0 atom stereocenters. The smallest absolute Gasteiger partial charge is 0.270 e. The van der Waals surface area contributed by atoms with Crippen molar-refractivity contribution in [3.05, 3.63) is 74.4 Å². The number of benzene rings is 2. The Balaban J connectivity index is 1.90. The van der Waals surface area contributed by atoms with E-state index in [2.05, 4.69) is 5.32 Å². The third-order valence-electron chi connectivity index (χ3n) is 4.73. The zero-order valence-electron chi connectivity index (χ0n) is 15.8. The van der Waals surface area contributed by atoms with E-state index >= 15 is 0 Å². The number of hydrogen-bond donors (Lipinski definition) is 1. The van der Waals surface area contributed by atoms with Crippen molar-refractivity contribution in [3.8, 4) is 0 Å². The van der Waals surface area contributed by atoms with Gasteiger partial charge in [-0.2, -0.15) is 0 Å². The average Bonchev–Trinajstić information content (AvgIpc) is 2.98. The Bertz CT molecular complexity index is 918. The van der Waals surface area contributed by atoms with E-state index < -0.39 is 5.91 Å². The second kappa shape index (κ2) is 10.1. The van der Waals surface area contributed by atoms with Crippen LogP contribution in [0.1, 0.15) is 41.6 Å². The van der Waals surface area contributed by atoms with Crippen LogP contribution in [0.5, 0.6) is 0 Å². The maximum Gasteiger partial charge on any atom is 0.270 e. The molecular formula is C22H21Cl3N2O2. The van der Waals surface area contributed by atoms with Crippen LogP contribution in [0.2, 0.25) is 15.1 Å². The molecule has 1 aliphatic heterocycles. The fraction of sp³-hybridized carbons (Fsp3) is 0.273. The van der Waals surface area contributed by atoms with E-state index in [-0.39, 0.29) is 22.2 Å². The first-order chi connectivity index (χ1) is 13.9. The lowest BCUT2D eigenvalue weighted by atomic mass is 10.1. The van der Waals surface area contributed by atoms with Crippen molar-refractivity contribution in [2.24, 2.45) is 0 Å². The molecule has 2 aromatic carbocycles. The lowest BCUT2D eigenvalue weighted by Crippen LogP contribution is -2.39. The van der Waals surface area contributed by atoms with Gasteiger partial charge in [-0.3, -0.25) is 9.59 Å². The monoisotopic (exact) mass is 450 g/mol. The number of amides is 2. The lowest BCUT2D eigenvalue weighted by molar-refractivity contribution is -0.127. The van der Waals surface area contributed by atoms with Crippen molar-refractivity contribution in [2.75, 3.05) is 13.1 Å². The van der Waals surface area contributed by atoms with Gasteiger partial charge in [0.1, 0.15) is 5.70 Å². The molecule has 29 heavy (non-hydrogen) atoms. The van der Waals surface area contributed by atoms with Crippen LogP contribution >= 0.6 is 34.8 Å². The summed E-state index contributed by atoms with van der Waals surface area (Å²) in [5.74, 6) is -0.671. The van der Waals surface area contributed by atoms with Crippen molar-refractivity contribution >= 4 is 52.7 Å². The molecule has 0 aromatic heterocycles. The summed E-state index contributed by atoms with van der Waals surface area (Å²) in [6.45, 7) is 1.35. The van der Waals surface area contributed by atoms with Gasteiger partial charge < -0.3 is 10.2 Å². The molecule has 4 nitrogen and oxygen atoms in total. The molecule has 1 fully saturated rings. The largest absolute Gasteiger partial charge is 0.337 e. The molecule has 0 saturated carbocycles. The van der Waals surface area contributed by atoms with Gasteiger partial charge in [-0.25, -0.2) is 0 Å². The average molecular weight is 452 g/mol. The number of carbonyl (C=O) groups is 2. The predicted molar refractivity (Wildman–Crippen MR) is 118 cm³/mol. The van der Waals surface area contributed by atoms with Crippen molar-refractivity contribution < 1.29 is 9.59 Å². The van der Waals surface area contributed by atoms with Crippen LogP contribution in [0.3, 0.4) is 0 Å². The lowest BCUT2D eigenvalue weighted by Gasteiger charge is -2.22. The molecule has 1 aliphatic rings. The zero-order valence-corrected chi connectivity index (χ0v) is 18.0. The van der Waals surface area contributed by atoms with Gasteiger partial charge in [0.2, 0.25) is 0 Å². The third kappa shape index (κ3) is 5.99. The number of likely N-dealkylation sites (tertiary alicyclic amines) is 1. The number of hydrogen-bond acceptors (Lipinski definition) is 2. The zero-order chi connectivity index (χ0) is 20.8. The summed E-state index contributed by atoms with van der Waals surface area (Å²) in [4.78, 5) is 27.8. The van der Waals surface area contributed by atoms with Crippen LogP contribution in [0, 0.1) is 0 Å². The molecule has 0 spiro atoms. The summed E-state index contributed by atoms with van der Waals surface area (Å²) in [5, 5.41) is 4.00. The minimum atomic E-state index is -0.463. The molecule has 0 radical (unpaired) electrons. The number of nitrogens with zero attached hydrogens (tertiary/aromatic N) is 1. The van der Waals surface area contributed by atoms with E-state index in [4.69, 9.17) is 34.8 Å². The second-order valence-electron chi connectivity index (χ2n) is 6.89. The van der Waals surface area contributed by atoms with Gasteiger partial charge in [-0.1, -0.05) is 59.8 Å². The molecule has 1 heterocycles. The molecule has 152 valence electrons. The molecule has 3 rings (SSSR count). The molecule has 2 amide bonds. The summed E-state index contributed by atoms with van der Waals surface area (Å²) < 4.78 is 0. The standard InChI is InChI=1S/C22H21Cl3N2O2/c23-16-7-5-15(6-8-16)13-20(22(29)27-11-3-1-2-4-12-27)26-21(28)18-10-9-17(24)14-19(18)25/h5-10,13-14H,1-4,11-12H2,(H,26,28)/b20-13-. The first-order valence-corrected chi connectivity index (χ1v) is 10.6. The van der Waals surface area contributed by atoms with Crippen LogP contribution in [-0.2, 0) is 4.79 Å². The normalized spacial score (nSPS) is 15.0. The summed E-state index contributed by atoms with van der Waals surface area (Å²) in [7, 11) is 0. The quantitative estimate of drug-likeness (QED) is 0.595. The molecule has 1 saturated heterocycles. The minimum Gasteiger partial charge on any atom is -0.337 e. The number of halogens is 3. The molecule has 2 aromatic rings. The van der Waals surface area contributed by atoms with Gasteiger partial charge in [-0.05, 0) is 54.8 Å². The summed E-state index contributed by atoms with van der Waals surface area (Å²) in [6, 6.07) is 11.7. The SMILES string of the molecule is O=C(N/C(=C\c1ccc(Cl)cc1)C(=O)N1CCCCCC1)c1ccc(Cl)cc1Cl. The van der Waals surface area contributed by atoms with Crippen molar-refractivity contribution in [2.45, 2.75) is 25.7 Å². The highest BCUT2D eigenvalue weighted by Gasteiger charge is 2.22. The Morgan fingerprint density at radius 1 is 0.862 bits per heavy atom. The predicted octanol–water partition coefficient (Wildman–Crippen LogP) is 5.82. The Kier molecular flexibility index (Phi) is 7.59. The topological polar surface area (TPSA) is 49.4 Å². The fourth-order valence-electron chi connectivity index (χ4n) is 3.18. The van der Waals surface area contributed by atoms with Crippen LogP contribution < -0.4 is 5.32 Å². The Labute approximate surface area is 185 Å². The van der Waals surface area contributed by atoms with Gasteiger partial charge in [0.15, 0.2) is 0 Å². The second-order valence-corrected chi connectivity index (χ2v) is 8.17. The third-order valence-corrected chi connectivity index (χ3v) is 5.53. The van der Waals surface area contributed by atoms with Crippen LogP contribution in [0.4, 0.5) is 0 Å². The molecule has 0 unspecified atom stereocenters. The molecule has 7 heteroatoms. The number of carbonyl (C=O) groups excluding carboxylic acids is 2. The number of nitrogens with one attached hydrogen (secondary N) is 1. The first kappa shape index (κ1) is 21.7. The highest BCUT2D eigenvalue weighted by molar-refractivity contribution is 6.36. The van der Waals surface area contributed by atoms with Gasteiger partial charge >= 0.3 is 0 Å². The molecule has 1 N–H and O–H groups in total. The minimum absolute atomic E-state index is 0.199. The fourth-order valence-corrected chi connectivity index (χ4v) is 3.80.